The molecule has 1 rings (SSSR count). The molecule has 106 valence electrons. The topological polar surface area (TPSA) is 30.0 Å². The first-order valence-electron chi connectivity index (χ1n) is 7.04. The summed E-state index contributed by atoms with van der Waals surface area (Å²) in [5.74, 6) is 0.392. The third-order valence-electron chi connectivity index (χ3n) is 3.15. The SMILES string of the molecule is CC(C)(C)C[C@@H](Cc1ccccn1)C(=O)C(C)(C)C. The Labute approximate surface area is 117 Å². The van der Waals surface area contributed by atoms with E-state index in [0.29, 0.717) is 5.78 Å². The lowest BCUT2D eigenvalue weighted by atomic mass is 9.74. The van der Waals surface area contributed by atoms with E-state index in [2.05, 4.69) is 25.8 Å². The number of ketones is 1. The van der Waals surface area contributed by atoms with Gasteiger partial charge in [0.25, 0.3) is 0 Å². The summed E-state index contributed by atoms with van der Waals surface area (Å²) in [6.45, 7) is 12.6. The van der Waals surface area contributed by atoms with Crippen molar-refractivity contribution in [2.24, 2.45) is 16.7 Å². The van der Waals surface area contributed by atoms with Gasteiger partial charge in [-0.25, -0.2) is 0 Å². The van der Waals surface area contributed by atoms with E-state index >= 15 is 0 Å². The summed E-state index contributed by atoms with van der Waals surface area (Å²) in [7, 11) is 0. The lowest BCUT2D eigenvalue weighted by molar-refractivity contribution is -0.131. The molecule has 0 unspecified atom stereocenters. The molecule has 2 heteroatoms. The van der Waals surface area contributed by atoms with E-state index in [9.17, 15) is 4.79 Å². The van der Waals surface area contributed by atoms with Crippen LogP contribution in [0, 0.1) is 16.7 Å². The molecule has 0 aliphatic rings. The van der Waals surface area contributed by atoms with Gasteiger partial charge in [-0.2, -0.15) is 0 Å². The molecule has 0 aromatic carbocycles. The van der Waals surface area contributed by atoms with Crippen molar-refractivity contribution in [3.8, 4) is 0 Å². The normalized spacial score (nSPS) is 14.2. The minimum Gasteiger partial charge on any atom is -0.299 e. The Bertz CT molecular complexity index is 409. The first kappa shape index (κ1) is 15.9. The number of hydrogen-bond donors (Lipinski definition) is 0. The van der Waals surface area contributed by atoms with Gasteiger partial charge in [0.2, 0.25) is 0 Å². The Kier molecular flexibility index (Phi) is 4.89. The number of pyridine rings is 1. The maximum Gasteiger partial charge on any atom is 0.141 e. The highest BCUT2D eigenvalue weighted by molar-refractivity contribution is 5.86. The summed E-state index contributed by atoms with van der Waals surface area (Å²) in [6.07, 6.45) is 3.44. The molecule has 0 aliphatic carbocycles. The zero-order chi connectivity index (χ0) is 14.7. The molecule has 0 bridgehead atoms. The van der Waals surface area contributed by atoms with Crippen LogP contribution < -0.4 is 0 Å². The largest absolute Gasteiger partial charge is 0.299 e. The standard InChI is InChI=1S/C17H27NO/c1-16(2,3)12-13(15(19)17(4,5)6)11-14-9-7-8-10-18-14/h7-10,13H,11-12H2,1-6H3/t13-/m1/s1. The van der Waals surface area contributed by atoms with Crippen molar-refractivity contribution in [3.05, 3.63) is 30.1 Å². The third kappa shape index (κ3) is 5.54. The zero-order valence-corrected chi connectivity index (χ0v) is 13.2. The summed E-state index contributed by atoms with van der Waals surface area (Å²) in [5.41, 5.74) is 0.875. The number of rotatable bonds is 4. The molecule has 0 N–H and O–H groups in total. The number of Topliss-reactive ketones (excluding diaryl/α,β-unsaturated/α-hetero) is 1. The minimum atomic E-state index is -0.287. The lowest BCUT2D eigenvalue weighted by Gasteiger charge is -2.29. The first-order chi connectivity index (χ1) is 8.59. The van der Waals surface area contributed by atoms with Crippen molar-refractivity contribution in [2.45, 2.75) is 54.4 Å². The van der Waals surface area contributed by atoms with Gasteiger partial charge in [-0.05, 0) is 30.4 Å². The van der Waals surface area contributed by atoms with Gasteiger partial charge in [0, 0.05) is 23.2 Å². The molecule has 2 nitrogen and oxygen atoms in total. The van der Waals surface area contributed by atoms with Crippen LogP contribution in [0.3, 0.4) is 0 Å². The quantitative estimate of drug-likeness (QED) is 0.809. The van der Waals surface area contributed by atoms with E-state index in [4.69, 9.17) is 0 Å². The molecule has 0 amide bonds. The number of nitrogens with zero attached hydrogens (tertiary/aromatic N) is 1. The molecular formula is C17H27NO. The predicted octanol–water partition coefficient (Wildman–Crippen LogP) is 4.29. The highest BCUT2D eigenvalue weighted by atomic mass is 16.1. The molecule has 1 heterocycles. The minimum absolute atomic E-state index is 0.0508. The van der Waals surface area contributed by atoms with Crippen molar-refractivity contribution in [2.75, 3.05) is 0 Å². The summed E-state index contributed by atoms with van der Waals surface area (Å²) in [6, 6.07) is 5.90. The Morgan fingerprint density at radius 1 is 1.16 bits per heavy atom. The lowest BCUT2D eigenvalue weighted by Crippen LogP contribution is -2.32. The molecule has 1 aromatic heterocycles. The zero-order valence-electron chi connectivity index (χ0n) is 13.2. The van der Waals surface area contributed by atoms with Gasteiger partial charge >= 0.3 is 0 Å². The molecule has 0 saturated heterocycles. The number of carbonyl (C=O) groups is 1. The molecule has 0 aliphatic heterocycles. The fourth-order valence-corrected chi connectivity index (χ4v) is 2.38. The fraction of sp³-hybridized carbons (Fsp3) is 0.647. The third-order valence-corrected chi connectivity index (χ3v) is 3.15. The van der Waals surface area contributed by atoms with Crippen LogP contribution in [0.1, 0.15) is 53.7 Å². The molecule has 0 radical (unpaired) electrons. The van der Waals surface area contributed by atoms with Crippen LogP contribution in [-0.4, -0.2) is 10.8 Å². The number of carbonyl (C=O) groups excluding carboxylic acids is 1. The van der Waals surface area contributed by atoms with Crippen LogP contribution >= 0.6 is 0 Å². The van der Waals surface area contributed by atoms with Gasteiger partial charge in [-0.1, -0.05) is 47.6 Å². The number of aromatic nitrogens is 1. The molecule has 0 spiro atoms. The Hall–Kier alpha value is -1.18. The molecule has 19 heavy (non-hydrogen) atoms. The van der Waals surface area contributed by atoms with Gasteiger partial charge in [-0.15, -0.1) is 0 Å². The monoisotopic (exact) mass is 261 g/mol. The summed E-state index contributed by atoms with van der Waals surface area (Å²) in [5, 5.41) is 0. The van der Waals surface area contributed by atoms with Gasteiger partial charge < -0.3 is 0 Å². The van der Waals surface area contributed by atoms with Crippen molar-refractivity contribution < 1.29 is 4.79 Å². The fourth-order valence-electron chi connectivity index (χ4n) is 2.38. The van der Waals surface area contributed by atoms with E-state index in [1.54, 1.807) is 6.20 Å². The second-order valence-electron chi connectivity index (χ2n) is 7.60. The second-order valence-corrected chi connectivity index (χ2v) is 7.60. The van der Waals surface area contributed by atoms with Crippen LogP contribution in [0.25, 0.3) is 0 Å². The van der Waals surface area contributed by atoms with E-state index in [-0.39, 0.29) is 16.7 Å². The van der Waals surface area contributed by atoms with Crippen molar-refractivity contribution in [3.63, 3.8) is 0 Å². The Morgan fingerprint density at radius 2 is 1.79 bits per heavy atom. The van der Waals surface area contributed by atoms with Crippen LogP contribution in [0.4, 0.5) is 0 Å². The van der Waals surface area contributed by atoms with Gasteiger partial charge in [0.1, 0.15) is 5.78 Å². The van der Waals surface area contributed by atoms with Gasteiger partial charge in [0.05, 0.1) is 0 Å². The summed E-state index contributed by atoms with van der Waals surface area (Å²) >= 11 is 0. The van der Waals surface area contributed by atoms with E-state index < -0.39 is 0 Å². The average Bonchev–Trinajstić information content (AvgIpc) is 2.25. The maximum atomic E-state index is 12.6. The molecule has 0 saturated carbocycles. The molecule has 0 fully saturated rings. The molecule has 1 atom stereocenters. The van der Waals surface area contributed by atoms with E-state index in [0.717, 1.165) is 18.5 Å². The Balaban J connectivity index is 2.90. The van der Waals surface area contributed by atoms with Crippen LogP contribution in [0.2, 0.25) is 0 Å². The molecule has 1 aromatic rings. The summed E-state index contributed by atoms with van der Waals surface area (Å²) in [4.78, 5) is 17.0. The van der Waals surface area contributed by atoms with Crippen LogP contribution in [0.5, 0.6) is 0 Å². The van der Waals surface area contributed by atoms with Crippen LogP contribution in [-0.2, 0) is 11.2 Å². The first-order valence-corrected chi connectivity index (χ1v) is 7.04. The van der Waals surface area contributed by atoms with E-state index in [1.165, 1.54) is 0 Å². The highest BCUT2D eigenvalue weighted by Gasteiger charge is 2.32. The average molecular weight is 261 g/mol. The van der Waals surface area contributed by atoms with Crippen molar-refractivity contribution in [1.82, 2.24) is 4.98 Å². The van der Waals surface area contributed by atoms with Crippen LogP contribution in [0.15, 0.2) is 24.4 Å². The maximum absolute atomic E-state index is 12.6. The van der Waals surface area contributed by atoms with Crippen molar-refractivity contribution >= 4 is 5.78 Å². The smallest absolute Gasteiger partial charge is 0.141 e. The predicted molar refractivity (Wildman–Crippen MR) is 80.0 cm³/mol. The summed E-state index contributed by atoms with van der Waals surface area (Å²) < 4.78 is 0. The number of hydrogen-bond acceptors (Lipinski definition) is 2. The van der Waals surface area contributed by atoms with Gasteiger partial charge in [0.15, 0.2) is 0 Å². The van der Waals surface area contributed by atoms with Crippen molar-refractivity contribution in [1.29, 1.82) is 0 Å². The molecular weight excluding hydrogens is 234 g/mol. The highest BCUT2D eigenvalue weighted by Crippen LogP contribution is 2.32. The Morgan fingerprint density at radius 3 is 2.21 bits per heavy atom. The van der Waals surface area contributed by atoms with Gasteiger partial charge in [-0.3, -0.25) is 9.78 Å². The van der Waals surface area contributed by atoms with E-state index in [1.807, 2.05) is 39.0 Å². The second kappa shape index (κ2) is 5.85.